The van der Waals surface area contributed by atoms with Crippen LogP contribution in [0.25, 0.3) is 11.3 Å². The zero-order valence-corrected chi connectivity index (χ0v) is 14.2. The summed E-state index contributed by atoms with van der Waals surface area (Å²) in [7, 11) is 0. The van der Waals surface area contributed by atoms with Crippen LogP contribution in [-0.4, -0.2) is 34.3 Å². The van der Waals surface area contributed by atoms with Crippen molar-refractivity contribution in [1.82, 2.24) is 15.1 Å². The maximum atomic E-state index is 5.55. The number of nitrogens with zero attached hydrogens (tertiary/aromatic N) is 3. The minimum atomic E-state index is 0.111. The van der Waals surface area contributed by atoms with Crippen molar-refractivity contribution >= 4 is 0 Å². The summed E-state index contributed by atoms with van der Waals surface area (Å²) in [6.45, 7) is 8.66. The van der Waals surface area contributed by atoms with Crippen molar-refractivity contribution in [3.8, 4) is 17.1 Å². The summed E-state index contributed by atoms with van der Waals surface area (Å²) >= 11 is 0. The van der Waals surface area contributed by atoms with Crippen LogP contribution in [0.15, 0.2) is 36.4 Å². The fourth-order valence-electron chi connectivity index (χ4n) is 3.08. The van der Waals surface area contributed by atoms with E-state index in [0.717, 1.165) is 11.3 Å². The van der Waals surface area contributed by atoms with Gasteiger partial charge in [0, 0.05) is 17.7 Å². The first-order valence-electron chi connectivity index (χ1n) is 8.48. The normalized spacial score (nSPS) is 16.7. The molecule has 4 heteroatoms. The summed E-state index contributed by atoms with van der Waals surface area (Å²) in [6, 6.07) is 13.0. The Labute approximate surface area is 138 Å². The Balaban J connectivity index is 1.78. The minimum Gasteiger partial charge on any atom is -0.474 e. The molecule has 2 aromatic rings. The minimum absolute atomic E-state index is 0.111. The Hall–Kier alpha value is -1.94. The van der Waals surface area contributed by atoms with E-state index in [1.54, 1.807) is 0 Å². The number of rotatable bonds is 5. The highest BCUT2D eigenvalue weighted by Gasteiger charge is 2.19. The van der Waals surface area contributed by atoms with Crippen molar-refractivity contribution in [2.24, 2.45) is 0 Å². The van der Waals surface area contributed by atoms with Crippen LogP contribution in [0.3, 0.4) is 0 Å². The number of likely N-dealkylation sites (tertiary alicyclic amines) is 1. The molecule has 0 saturated carbocycles. The lowest BCUT2D eigenvalue weighted by molar-refractivity contribution is 0.230. The molecular weight excluding hydrogens is 286 g/mol. The number of benzene rings is 1. The Morgan fingerprint density at radius 3 is 2.43 bits per heavy atom. The first kappa shape index (κ1) is 15.9. The zero-order chi connectivity index (χ0) is 16.2. The Kier molecular flexibility index (Phi) is 4.91. The molecular formula is C19H25N3O. The maximum absolute atomic E-state index is 5.55. The molecule has 23 heavy (non-hydrogen) atoms. The Morgan fingerprint density at radius 1 is 1.00 bits per heavy atom. The van der Waals surface area contributed by atoms with E-state index in [2.05, 4.69) is 46.3 Å². The van der Waals surface area contributed by atoms with Gasteiger partial charge in [-0.15, -0.1) is 10.2 Å². The SMILES string of the molecule is CC(C)Oc1ccc(-c2cccc([C@@H](C)N3CCCC3)c2)nn1. The van der Waals surface area contributed by atoms with Crippen molar-refractivity contribution in [3.63, 3.8) is 0 Å². The second-order valence-corrected chi connectivity index (χ2v) is 6.47. The van der Waals surface area contributed by atoms with Gasteiger partial charge in [0.05, 0.1) is 11.8 Å². The Morgan fingerprint density at radius 2 is 1.78 bits per heavy atom. The van der Waals surface area contributed by atoms with Crippen LogP contribution in [0.1, 0.15) is 45.2 Å². The topological polar surface area (TPSA) is 38.2 Å². The highest BCUT2D eigenvalue weighted by atomic mass is 16.5. The van der Waals surface area contributed by atoms with Crippen LogP contribution in [0.2, 0.25) is 0 Å². The van der Waals surface area contributed by atoms with Crippen LogP contribution in [0.4, 0.5) is 0 Å². The van der Waals surface area contributed by atoms with Crippen LogP contribution in [0.5, 0.6) is 5.88 Å². The zero-order valence-electron chi connectivity index (χ0n) is 14.2. The van der Waals surface area contributed by atoms with E-state index in [1.807, 2.05) is 26.0 Å². The largest absolute Gasteiger partial charge is 0.474 e. The summed E-state index contributed by atoms with van der Waals surface area (Å²) < 4.78 is 5.55. The van der Waals surface area contributed by atoms with E-state index in [1.165, 1.54) is 31.5 Å². The average Bonchev–Trinajstić information content (AvgIpc) is 3.09. The molecule has 0 aliphatic carbocycles. The monoisotopic (exact) mass is 311 g/mol. The van der Waals surface area contributed by atoms with Crippen LogP contribution >= 0.6 is 0 Å². The van der Waals surface area contributed by atoms with Gasteiger partial charge in [-0.25, -0.2) is 0 Å². The lowest BCUT2D eigenvalue weighted by Gasteiger charge is -2.24. The molecule has 1 aliphatic heterocycles. The lowest BCUT2D eigenvalue weighted by atomic mass is 10.0. The van der Waals surface area contributed by atoms with E-state index >= 15 is 0 Å². The maximum Gasteiger partial charge on any atom is 0.233 e. The van der Waals surface area contributed by atoms with Gasteiger partial charge < -0.3 is 4.74 Å². The third kappa shape index (κ3) is 3.88. The van der Waals surface area contributed by atoms with Crippen LogP contribution in [-0.2, 0) is 0 Å². The van der Waals surface area contributed by atoms with Gasteiger partial charge >= 0.3 is 0 Å². The molecule has 0 radical (unpaired) electrons. The third-order valence-electron chi connectivity index (χ3n) is 4.35. The number of hydrogen-bond acceptors (Lipinski definition) is 4. The van der Waals surface area contributed by atoms with Gasteiger partial charge in [0.1, 0.15) is 0 Å². The predicted octanol–water partition coefficient (Wildman–Crippen LogP) is 4.09. The second kappa shape index (κ2) is 7.09. The first-order chi connectivity index (χ1) is 11.1. The van der Waals surface area contributed by atoms with Crippen LogP contribution in [0, 0.1) is 0 Å². The summed E-state index contributed by atoms with van der Waals surface area (Å²) in [5.41, 5.74) is 3.34. The molecule has 0 bridgehead atoms. The molecule has 0 spiro atoms. The number of ether oxygens (including phenoxy) is 1. The van der Waals surface area contributed by atoms with Crippen molar-refractivity contribution < 1.29 is 4.74 Å². The molecule has 1 aromatic heterocycles. The molecule has 1 fully saturated rings. The van der Waals surface area contributed by atoms with Crippen molar-refractivity contribution in [2.75, 3.05) is 13.1 Å². The number of hydrogen-bond donors (Lipinski definition) is 0. The lowest BCUT2D eigenvalue weighted by Crippen LogP contribution is -2.23. The molecule has 1 saturated heterocycles. The van der Waals surface area contributed by atoms with Gasteiger partial charge in [0.15, 0.2) is 0 Å². The molecule has 2 heterocycles. The van der Waals surface area contributed by atoms with Crippen LogP contribution < -0.4 is 4.74 Å². The first-order valence-corrected chi connectivity index (χ1v) is 8.48. The standard InChI is InChI=1S/C19H25N3O/c1-14(2)23-19-10-9-18(20-21-19)17-8-6-7-16(13-17)15(3)22-11-4-5-12-22/h6-10,13-15H,4-5,11-12H2,1-3H3/t15-/m1/s1. The van der Waals surface area contributed by atoms with Gasteiger partial charge in [-0.1, -0.05) is 18.2 Å². The van der Waals surface area contributed by atoms with Gasteiger partial charge in [0.2, 0.25) is 5.88 Å². The molecule has 0 unspecified atom stereocenters. The quantitative estimate of drug-likeness (QED) is 0.833. The molecule has 1 aromatic carbocycles. The second-order valence-electron chi connectivity index (χ2n) is 6.47. The van der Waals surface area contributed by atoms with Crippen molar-refractivity contribution in [3.05, 3.63) is 42.0 Å². The molecule has 0 amide bonds. The molecule has 3 rings (SSSR count). The van der Waals surface area contributed by atoms with Gasteiger partial charge in [0.25, 0.3) is 0 Å². The van der Waals surface area contributed by atoms with Gasteiger partial charge in [-0.05, 0) is 64.4 Å². The summed E-state index contributed by atoms with van der Waals surface area (Å²) in [5.74, 6) is 0.574. The van der Waals surface area contributed by atoms with E-state index < -0.39 is 0 Å². The molecule has 4 nitrogen and oxygen atoms in total. The summed E-state index contributed by atoms with van der Waals surface area (Å²) in [4.78, 5) is 2.55. The van der Waals surface area contributed by atoms with Gasteiger partial charge in [-0.3, -0.25) is 4.90 Å². The fraction of sp³-hybridized carbons (Fsp3) is 0.474. The smallest absolute Gasteiger partial charge is 0.233 e. The Bertz CT molecular complexity index is 633. The fourth-order valence-corrected chi connectivity index (χ4v) is 3.08. The molecule has 122 valence electrons. The number of aromatic nitrogens is 2. The highest BCUT2D eigenvalue weighted by Crippen LogP contribution is 2.27. The van der Waals surface area contributed by atoms with E-state index in [0.29, 0.717) is 11.9 Å². The van der Waals surface area contributed by atoms with E-state index in [4.69, 9.17) is 4.74 Å². The summed E-state index contributed by atoms with van der Waals surface area (Å²) in [5, 5.41) is 8.48. The molecule has 1 aliphatic rings. The highest BCUT2D eigenvalue weighted by molar-refractivity contribution is 5.59. The predicted molar refractivity (Wildman–Crippen MR) is 92.5 cm³/mol. The van der Waals surface area contributed by atoms with E-state index in [-0.39, 0.29) is 6.10 Å². The van der Waals surface area contributed by atoms with Crippen molar-refractivity contribution in [1.29, 1.82) is 0 Å². The van der Waals surface area contributed by atoms with E-state index in [9.17, 15) is 0 Å². The molecule has 1 atom stereocenters. The average molecular weight is 311 g/mol. The summed E-state index contributed by atoms with van der Waals surface area (Å²) in [6.07, 6.45) is 2.74. The van der Waals surface area contributed by atoms with Crippen molar-refractivity contribution in [2.45, 2.75) is 45.8 Å². The third-order valence-corrected chi connectivity index (χ3v) is 4.35. The van der Waals surface area contributed by atoms with Gasteiger partial charge in [-0.2, -0.15) is 0 Å². The molecule has 0 N–H and O–H groups in total.